The molecule has 1 aromatic heterocycles. The maximum atomic E-state index is 13.5. The molecule has 0 saturated heterocycles. The van der Waals surface area contributed by atoms with Gasteiger partial charge in [0, 0.05) is 28.9 Å². The number of carbonyl (C=O) groups excluding carboxylic acids is 1. The third kappa shape index (κ3) is 2.93. The highest BCUT2D eigenvalue weighted by molar-refractivity contribution is 8.00. The van der Waals surface area contributed by atoms with Gasteiger partial charge in [0.15, 0.2) is 5.78 Å². The predicted molar refractivity (Wildman–Crippen MR) is 76.3 cm³/mol. The molecule has 2 aromatic rings. The van der Waals surface area contributed by atoms with Gasteiger partial charge in [0.1, 0.15) is 11.6 Å². The topological polar surface area (TPSA) is 22.0 Å². The molecule has 0 atom stereocenters. The summed E-state index contributed by atoms with van der Waals surface area (Å²) in [6.45, 7) is 3.79. The Morgan fingerprint density at radius 3 is 2.55 bits per heavy atom. The number of hydrogen-bond donors (Lipinski definition) is 0. The summed E-state index contributed by atoms with van der Waals surface area (Å²) >= 11 is 1.01. The predicted octanol–water partition coefficient (Wildman–Crippen LogP) is 3.90. The lowest BCUT2D eigenvalue weighted by Crippen LogP contribution is -2.04. The number of thioether (sulfide) groups is 1. The summed E-state index contributed by atoms with van der Waals surface area (Å²) in [4.78, 5) is 12.3. The molecule has 0 saturated carbocycles. The van der Waals surface area contributed by atoms with Gasteiger partial charge in [-0.15, -0.1) is 11.8 Å². The highest BCUT2D eigenvalue weighted by atomic mass is 32.2. The van der Waals surface area contributed by atoms with Gasteiger partial charge in [-0.2, -0.15) is 0 Å². The third-order valence-corrected chi connectivity index (χ3v) is 4.36. The van der Waals surface area contributed by atoms with Gasteiger partial charge < -0.3 is 4.57 Å². The summed E-state index contributed by atoms with van der Waals surface area (Å²) < 4.78 is 28.4. The molecule has 2 rings (SSSR count). The van der Waals surface area contributed by atoms with Crippen LogP contribution in [0.2, 0.25) is 0 Å². The smallest absolute Gasteiger partial charge is 0.174 e. The monoisotopic (exact) mass is 295 g/mol. The SMILES string of the molecule is Cc1cc(C(=O)CSc2cc(F)ccc2F)c(C)n1C. The van der Waals surface area contributed by atoms with E-state index >= 15 is 0 Å². The normalized spacial score (nSPS) is 10.8. The first-order chi connectivity index (χ1) is 9.40. The molecule has 0 bridgehead atoms. The number of rotatable bonds is 4. The Kier molecular flexibility index (Phi) is 4.28. The summed E-state index contributed by atoms with van der Waals surface area (Å²) in [5.74, 6) is -1.01. The molecule has 0 aliphatic heterocycles. The summed E-state index contributed by atoms with van der Waals surface area (Å²) in [5, 5.41) is 0. The van der Waals surface area contributed by atoms with Crippen molar-refractivity contribution >= 4 is 17.5 Å². The van der Waals surface area contributed by atoms with Crippen LogP contribution in [-0.2, 0) is 7.05 Å². The number of aryl methyl sites for hydroxylation is 1. The molecule has 0 spiro atoms. The van der Waals surface area contributed by atoms with Crippen LogP contribution >= 0.6 is 11.8 Å². The highest BCUT2D eigenvalue weighted by Crippen LogP contribution is 2.24. The van der Waals surface area contributed by atoms with Crippen molar-refractivity contribution in [2.45, 2.75) is 18.7 Å². The van der Waals surface area contributed by atoms with Crippen LogP contribution in [0.1, 0.15) is 21.7 Å². The summed E-state index contributed by atoms with van der Waals surface area (Å²) in [7, 11) is 1.89. The van der Waals surface area contributed by atoms with Crippen molar-refractivity contribution in [1.29, 1.82) is 0 Å². The van der Waals surface area contributed by atoms with Gasteiger partial charge >= 0.3 is 0 Å². The van der Waals surface area contributed by atoms with Crippen molar-refractivity contribution < 1.29 is 13.6 Å². The average molecular weight is 295 g/mol. The Morgan fingerprint density at radius 2 is 1.95 bits per heavy atom. The van der Waals surface area contributed by atoms with Gasteiger partial charge in [-0.05, 0) is 38.1 Å². The second-order valence-corrected chi connectivity index (χ2v) is 5.65. The van der Waals surface area contributed by atoms with Crippen molar-refractivity contribution in [3.63, 3.8) is 0 Å². The molecule has 0 N–H and O–H groups in total. The molecule has 106 valence electrons. The fourth-order valence-electron chi connectivity index (χ4n) is 1.95. The largest absolute Gasteiger partial charge is 0.351 e. The lowest BCUT2D eigenvalue weighted by atomic mass is 10.2. The lowest BCUT2D eigenvalue weighted by Gasteiger charge is -2.04. The molecule has 1 aromatic carbocycles. The van der Waals surface area contributed by atoms with Crippen LogP contribution < -0.4 is 0 Å². The van der Waals surface area contributed by atoms with E-state index in [1.807, 2.05) is 31.5 Å². The van der Waals surface area contributed by atoms with E-state index < -0.39 is 11.6 Å². The number of carbonyl (C=O) groups is 1. The first kappa shape index (κ1) is 14.8. The van der Waals surface area contributed by atoms with E-state index in [0.717, 1.165) is 41.3 Å². The van der Waals surface area contributed by atoms with E-state index in [1.165, 1.54) is 0 Å². The summed E-state index contributed by atoms with van der Waals surface area (Å²) in [6, 6.07) is 5.06. The van der Waals surface area contributed by atoms with Crippen LogP contribution in [0.4, 0.5) is 8.78 Å². The quantitative estimate of drug-likeness (QED) is 0.630. The molecule has 0 radical (unpaired) electrons. The van der Waals surface area contributed by atoms with E-state index in [4.69, 9.17) is 0 Å². The maximum absolute atomic E-state index is 13.5. The minimum atomic E-state index is -0.509. The first-order valence-corrected chi connectivity index (χ1v) is 7.12. The maximum Gasteiger partial charge on any atom is 0.174 e. The Bertz CT molecular complexity index is 664. The van der Waals surface area contributed by atoms with Crippen LogP contribution in [0.15, 0.2) is 29.2 Å². The van der Waals surface area contributed by atoms with E-state index in [1.54, 1.807) is 0 Å². The Morgan fingerprint density at radius 1 is 1.25 bits per heavy atom. The fourth-order valence-corrected chi connectivity index (χ4v) is 2.79. The molecule has 20 heavy (non-hydrogen) atoms. The second kappa shape index (κ2) is 5.79. The van der Waals surface area contributed by atoms with E-state index in [9.17, 15) is 13.6 Å². The Labute approximate surface area is 120 Å². The van der Waals surface area contributed by atoms with Crippen molar-refractivity contribution in [2.24, 2.45) is 7.05 Å². The number of benzene rings is 1. The van der Waals surface area contributed by atoms with Gasteiger partial charge in [0.2, 0.25) is 0 Å². The van der Waals surface area contributed by atoms with E-state index in [2.05, 4.69) is 0 Å². The van der Waals surface area contributed by atoms with Gasteiger partial charge in [-0.3, -0.25) is 4.79 Å². The minimum absolute atomic E-state index is 0.0835. The number of nitrogens with zero attached hydrogens (tertiary/aromatic N) is 1. The summed E-state index contributed by atoms with van der Waals surface area (Å²) in [6.07, 6.45) is 0. The highest BCUT2D eigenvalue weighted by Gasteiger charge is 2.15. The van der Waals surface area contributed by atoms with Gasteiger partial charge in [-0.25, -0.2) is 8.78 Å². The Hall–Kier alpha value is -1.62. The number of hydrogen-bond acceptors (Lipinski definition) is 2. The molecule has 0 aliphatic carbocycles. The standard InChI is InChI=1S/C15H15F2NOS/c1-9-6-12(10(2)18(9)3)14(19)8-20-15-7-11(16)4-5-13(15)17/h4-7H,8H2,1-3H3. The molecule has 1 heterocycles. The van der Waals surface area contributed by atoms with Gasteiger partial charge in [0.25, 0.3) is 0 Å². The zero-order valence-corrected chi connectivity index (χ0v) is 12.4. The molecular weight excluding hydrogens is 280 g/mol. The third-order valence-electron chi connectivity index (χ3n) is 3.33. The van der Waals surface area contributed by atoms with Crippen LogP contribution in [-0.4, -0.2) is 16.1 Å². The molecule has 0 aliphatic rings. The molecule has 5 heteroatoms. The number of Topliss-reactive ketones (excluding diaryl/α,β-unsaturated/α-hetero) is 1. The molecule has 0 fully saturated rings. The number of ketones is 1. The number of aromatic nitrogens is 1. The second-order valence-electron chi connectivity index (χ2n) is 4.63. The first-order valence-electron chi connectivity index (χ1n) is 6.14. The van der Waals surface area contributed by atoms with Crippen LogP contribution in [0, 0.1) is 25.5 Å². The van der Waals surface area contributed by atoms with Gasteiger partial charge in [-0.1, -0.05) is 0 Å². The van der Waals surface area contributed by atoms with Crippen molar-refractivity contribution in [2.75, 3.05) is 5.75 Å². The fraction of sp³-hybridized carbons (Fsp3) is 0.267. The van der Waals surface area contributed by atoms with Crippen LogP contribution in [0.25, 0.3) is 0 Å². The molecule has 0 amide bonds. The van der Waals surface area contributed by atoms with Crippen LogP contribution in [0.3, 0.4) is 0 Å². The molecular formula is C15H15F2NOS. The Balaban J connectivity index is 2.12. The van der Waals surface area contributed by atoms with Gasteiger partial charge in [0.05, 0.1) is 5.75 Å². The van der Waals surface area contributed by atoms with E-state index in [0.29, 0.717) is 5.56 Å². The average Bonchev–Trinajstić information content (AvgIpc) is 2.67. The van der Waals surface area contributed by atoms with Crippen molar-refractivity contribution in [3.05, 3.63) is 52.9 Å². The minimum Gasteiger partial charge on any atom is -0.351 e. The van der Waals surface area contributed by atoms with Crippen LogP contribution in [0.5, 0.6) is 0 Å². The summed E-state index contributed by atoms with van der Waals surface area (Å²) in [5.41, 5.74) is 2.51. The lowest BCUT2D eigenvalue weighted by molar-refractivity contribution is 0.102. The zero-order valence-electron chi connectivity index (χ0n) is 11.5. The molecule has 0 unspecified atom stereocenters. The van der Waals surface area contributed by atoms with Crippen molar-refractivity contribution in [3.8, 4) is 0 Å². The van der Waals surface area contributed by atoms with E-state index in [-0.39, 0.29) is 16.4 Å². The number of halogens is 2. The molecule has 2 nitrogen and oxygen atoms in total. The zero-order chi connectivity index (χ0) is 14.9. The van der Waals surface area contributed by atoms with Crippen molar-refractivity contribution in [1.82, 2.24) is 4.57 Å².